The number of aromatic nitrogens is 1. The van der Waals surface area contributed by atoms with Crippen molar-refractivity contribution in [1.82, 2.24) is 9.88 Å². The standard InChI is InChI=1S/C9H14N2O2/c1-6-4-8(12)9(13)7(5-10-2)11(6)3/h4,10,13H,5H2,1-3H3. The van der Waals surface area contributed by atoms with E-state index in [4.69, 9.17) is 0 Å². The van der Waals surface area contributed by atoms with Gasteiger partial charge in [-0.2, -0.15) is 0 Å². The van der Waals surface area contributed by atoms with Crippen LogP contribution < -0.4 is 10.7 Å². The van der Waals surface area contributed by atoms with Crippen LogP contribution in [0.1, 0.15) is 11.4 Å². The third-order valence-electron chi connectivity index (χ3n) is 2.12. The number of hydrogen-bond acceptors (Lipinski definition) is 3. The Morgan fingerprint density at radius 3 is 2.77 bits per heavy atom. The fraction of sp³-hybridized carbons (Fsp3) is 0.444. The summed E-state index contributed by atoms with van der Waals surface area (Å²) in [5.74, 6) is -0.164. The molecule has 0 bridgehead atoms. The maximum Gasteiger partial charge on any atom is 0.223 e. The summed E-state index contributed by atoms with van der Waals surface area (Å²) in [4.78, 5) is 11.2. The van der Waals surface area contributed by atoms with Gasteiger partial charge in [-0.1, -0.05) is 0 Å². The van der Waals surface area contributed by atoms with Gasteiger partial charge in [0.05, 0.1) is 5.69 Å². The van der Waals surface area contributed by atoms with Gasteiger partial charge in [0.1, 0.15) is 0 Å². The van der Waals surface area contributed by atoms with E-state index in [0.29, 0.717) is 12.2 Å². The average Bonchev–Trinajstić information content (AvgIpc) is 2.09. The summed E-state index contributed by atoms with van der Waals surface area (Å²) in [6.45, 7) is 2.32. The van der Waals surface area contributed by atoms with Crippen molar-refractivity contribution in [1.29, 1.82) is 0 Å². The first-order valence-corrected chi connectivity index (χ1v) is 4.11. The first kappa shape index (κ1) is 9.80. The van der Waals surface area contributed by atoms with Crippen molar-refractivity contribution >= 4 is 0 Å². The molecule has 0 saturated carbocycles. The average molecular weight is 182 g/mol. The predicted molar refractivity (Wildman–Crippen MR) is 50.8 cm³/mol. The molecule has 72 valence electrons. The highest BCUT2D eigenvalue weighted by molar-refractivity contribution is 5.29. The summed E-state index contributed by atoms with van der Waals surface area (Å²) < 4.78 is 1.80. The Kier molecular flexibility index (Phi) is 2.72. The lowest BCUT2D eigenvalue weighted by Crippen LogP contribution is -2.18. The zero-order chi connectivity index (χ0) is 10.0. The van der Waals surface area contributed by atoms with E-state index in [2.05, 4.69) is 5.32 Å². The molecule has 13 heavy (non-hydrogen) atoms. The molecular weight excluding hydrogens is 168 g/mol. The molecule has 0 amide bonds. The smallest absolute Gasteiger partial charge is 0.223 e. The molecule has 0 unspecified atom stereocenters. The topological polar surface area (TPSA) is 54.3 Å². The molecule has 0 saturated heterocycles. The minimum Gasteiger partial charge on any atom is -0.503 e. The molecule has 1 rings (SSSR count). The number of rotatable bonds is 2. The van der Waals surface area contributed by atoms with Gasteiger partial charge < -0.3 is 15.0 Å². The van der Waals surface area contributed by atoms with Crippen LogP contribution in [0.25, 0.3) is 0 Å². The van der Waals surface area contributed by atoms with Crippen LogP contribution in [-0.4, -0.2) is 16.7 Å². The van der Waals surface area contributed by atoms with Gasteiger partial charge in [0.15, 0.2) is 5.75 Å². The fourth-order valence-corrected chi connectivity index (χ4v) is 1.24. The molecule has 0 aromatic carbocycles. The lowest BCUT2D eigenvalue weighted by Gasteiger charge is -2.12. The van der Waals surface area contributed by atoms with Crippen LogP contribution in [0.15, 0.2) is 10.9 Å². The highest BCUT2D eigenvalue weighted by Gasteiger charge is 2.08. The van der Waals surface area contributed by atoms with Crippen LogP contribution in [0.3, 0.4) is 0 Å². The third kappa shape index (κ3) is 1.72. The molecule has 0 aliphatic carbocycles. The molecule has 0 aliphatic rings. The van der Waals surface area contributed by atoms with Gasteiger partial charge in [-0.05, 0) is 14.0 Å². The highest BCUT2D eigenvalue weighted by atomic mass is 16.3. The number of nitrogens with one attached hydrogen (secondary N) is 1. The number of aromatic hydroxyl groups is 1. The fourth-order valence-electron chi connectivity index (χ4n) is 1.24. The quantitative estimate of drug-likeness (QED) is 0.683. The van der Waals surface area contributed by atoms with Crippen LogP contribution in [0.4, 0.5) is 0 Å². The van der Waals surface area contributed by atoms with E-state index in [1.165, 1.54) is 6.07 Å². The third-order valence-corrected chi connectivity index (χ3v) is 2.12. The van der Waals surface area contributed by atoms with Crippen LogP contribution in [0.5, 0.6) is 5.75 Å². The SMILES string of the molecule is CNCc1c(O)c(=O)cc(C)n1C. The lowest BCUT2D eigenvalue weighted by molar-refractivity contribution is 0.448. The summed E-state index contributed by atoms with van der Waals surface area (Å²) in [6.07, 6.45) is 0. The molecule has 0 radical (unpaired) electrons. The van der Waals surface area contributed by atoms with Crippen molar-refractivity contribution in [2.75, 3.05) is 7.05 Å². The molecule has 0 fully saturated rings. The largest absolute Gasteiger partial charge is 0.503 e. The summed E-state index contributed by atoms with van der Waals surface area (Å²) in [5.41, 5.74) is 1.14. The Bertz CT molecular complexity index is 369. The summed E-state index contributed by atoms with van der Waals surface area (Å²) >= 11 is 0. The second-order valence-electron chi connectivity index (χ2n) is 3.03. The van der Waals surface area contributed by atoms with Gasteiger partial charge in [0, 0.05) is 25.4 Å². The van der Waals surface area contributed by atoms with Crippen molar-refractivity contribution in [3.05, 3.63) is 27.7 Å². The number of hydrogen-bond donors (Lipinski definition) is 2. The van der Waals surface area contributed by atoms with E-state index in [1.807, 2.05) is 14.0 Å². The number of aryl methyl sites for hydroxylation is 1. The van der Waals surface area contributed by atoms with Gasteiger partial charge in [0.25, 0.3) is 0 Å². The minimum absolute atomic E-state index is 0.164. The van der Waals surface area contributed by atoms with E-state index >= 15 is 0 Å². The van der Waals surface area contributed by atoms with E-state index in [9.17, 15) is 9.90 Å². The summed E-state index contributed by atoms with van der Waals surface area (Å²) in [7, 11) is 3.59. The van der Waals surface area contributed by atoms with Gasteiger partial charge in [-0.15, -0.1) is 0 Å². The van der Waals surface area contributed by atoms with Gasteiger partial charge in [-0.25, -0.2) is 0 Å². The minimum atomic E-state index is -0.319. The zero-order valence-electron chi connectivity index (χ0n) is 8.09. The van der Waals surface area contributed by atoms with Crippen LogP contribution >= 0.6 is 0 Å². The van der Waals surface area contributed by atoms with Crippen molar-refractivity contribution in [2.24, 2.45) is 7.05 Å². The molecule has 0 atom stereocenters. The van der Waals surface area contributed by atoms with E-state index in [-0.39, 0.29) is 11.2 Å². The molecule has 4 heteroatoms. The lowest BCUT2D eigenvalue weighted by atomic mass is 10.2. The first-order chi connectivity index (χ1) is 6.07. The number of nitrogens with zero attached hydrogens (tertiary/aromatic N) is 1. The van der Waals surface area contributed by atoms with Gasteiger partial charge >= 0.3 is 0 Å². The van der Waals surface area contributed by atoms with E-state index in [1.54, 1.807) is 11.6 Å². The maximum atomic E-state index is 11.2. The Labute approximate surface area is 76.8 Å². The number of pyridine rings is 1. The predicted octanol–water partition coefficient (Wildman–Crippen LogP) is 0.119. The second kappa shape index (κ2) is 3.62. The second-order valence-corrected chi connectivity index (χ2v) is 3.03. The Morgan fingerprint density at radius 2 is 2.23 bits per heavy atom. The summed E-state index contributed by atoms with van der Waals surface area (Å²) in [6, 6.07) is 1.43. The molecular formula is C9H14N2O2. The molecule has 1 aromatic heterocycles. The molecule has 0 spiro atoms. The Morgan fingerprint density at radius 1 is 1.62 bits per heavy atom. The van der Waals surface area contributed by atoms with E-state index < -0.39 is 0 Å². The molecule has 4 nitrogen and oxygen atoms in total. The highest BCUT2D eigenvalue weighted by Crippen LogP contribution is 2.11. The van der Waals surface area contributed by atoms with Gasteiger partial charge in [-0.3, -0.25) is 4.79 Å². The van der Waals surface area contributed by atoms with Crippen molar-refractivity contribution in [2.45, 2.75) is 13.5 Å². The molecule has 2 N–H and O–H groups in total. The van der Waals surface area contributed by atoms with Crippen LogP contribution in [0, 0.1) is 6.92 Å². The maximum absolute atomic E-state index is 11.2. The monoisotopic (exact) mass is 182 g/mol. The Balaban J connectivity index is 3.37. The van der Waals surface area contributed by atoms with Crippen molar-refractivity contribution < 1.29 is 5.11 Å². The zero-order valence-corrected chi connectivity index (χ0v) is 8.09. The molecule has 1 heterocycles. The van der Waals surface area contributed by atoms with E-state index in [0.717, 1.165) is 5.69 Å². The van der Waals surface area contributed by atoms with Crippen molar-refractivity contribution in [3.8, 4) is 5.75 Å². The molecule has 0 aliphatic heterocycles. The molecule has 1 aromatic rings. The van der Waals surface area contributed by atoms with Gasteiger partial charge in [0.2, 0.25) is 5.43 Å². The Hall–Kier alpha value is -1.29. The van der Waals surface area contributed by atoms with Crippen LogP contribution in [0.2, 0.25) is 0 Å². The normalized spacial score (nSPS) is 10.4. The first-order valence-electron chi connectivity index (χ1n) is 4.11. The van der Waals surface area contributed by atoms with Crippen molar-refractivity contribution in [3.63, 3.8) is 0 Å². The summed E-state index contributed by atoms with van der Waals surface area (Å²) in [5, 5.41) is 12.4. The van der Waals surface area contributed by atoms with Crippen LogP contribution in [-0.2, 0) is 13.6 Å².